The van der Waals surface area contributed by atoms with E-state index in [1.165, 1.54) is 5.56 Å². The summed E-state index contributed by atoms with van der Waals surface area (Å²) in [5.41, 5.74) is 2.96. The SMILES string of the molecule is COc1nc2c(cc1C(=O)N1CCN(C)C3(CCOCC3)C1)CCC2. The van der Waals surface area contributed by atoms with Gasteiger partial charge >= 0.3 is 0 Å². The lowest BCUT2D eigenvalue weighted by atomic mass is 9.85. The number of methoxy groups -OCH3 is 1. The van der Waals surface area contributed by atoms with E-state index in [1.54, 1.807) is 7.11 Å². The standard InChI is InChI=1S/C19H27N3O3/c1-21-8-9-22(13-19(21)6-10-25-11-7-19)18(23)15-12-14-4-3-5-16(14)20-17(15)24-2/h12H,3-11,13H2,1-2H3. The lowest BCUT2D eigenvalue weighted by Gasteiger charge is -2.51. The molecule has 25 heavy (non-hydrogen) atoms. The highest BCUT2D eigenvalue weighted by Gasteiger charge is 2.42. The summed E-state index contributed by atoms with van der Waals surface area (Å²) in [5.74, 6) is 0.531. The summed E-state index contributed by atoms with van der Waals surface area (Å²) >= 11 is 0. The van der Waals surface area contributed by atoms with Crippen molar-refractivity contribution in [2.45, 2.75) is 37.6 Å². The number of aromatic nitrogens is 1. The third kappa shape index (κ3) is 2.91. The molecule has 4 rings (SSSR count). The Hall–Kier alpha value is -1.66. The second kappa shape index (κ2) is 6.57. The first-order chi connectivity index (χ1) is 12.1. The van der Waals surface area contributed by atoms with Crippen molar-refractivity contribution in [3.63, 3.8) is 0 Å². The van der Waals surface area contributed by atoms with Crippen molar-refractivity contribution in [2.24, 2.45) is 0 Å². The molecule has 1 spiro atoms. The molecule has 2 saturated heterocycles. The molecular formula is C19H27N3O3. The molecule has 1 aromatic heterocycles. The average molecular weight is 345 g/mol. The first-order valence-electron chi connectivity index (χ1n) is 9.28. The van der Waals surface area contributed by atoms with Gasteiger partial charge in [-0.2, -0.15) is 0 Å². The quantitative estimate of drug-likeness (QED) is 0.813. The predicted molar refractivity (Wildman–Crippen MR) is 94.1 cm³/mol. The zero-order valence-corrected chi connectivity index (χ0v) is 15.2. The highest BCUT2D eigenvalue weighted by atomic mass is 16.5. The van der Waals surface area contributed by atoms with Gasteiger partial charge in [-0.3, -0.25) is 9.69 Å². The Morgan fingerprint density at radius 2 is 2.08 bits per heavy atom. The van der Waals surface area contributed by atoms with Crippen LogP contribution in [0.2, 0.25) is 0 Å². The Balaban J connectivity index is 1.60. The Kier molecular flexibility index (Phi) is 4.41. The third-order valence-electron chi connectivity index (χ3n) is 6.15. The van der Waals surface area contributed by atoms with Crippen LogP contribution >= 0.6 is 0 Å². The van der Waals surface area contributed by atoms with Crippen LogP contribution in [0.4, 0.5) is 0 Å². The van der Waals surface area contributed by atoms with Gasteiger partial charge in [-0.15, -0.1) is 0 Å². The number of rotatable bonds is 2. The number of amides is 1. The van der Waals surface area contributed by atoms with Crippen LogP contribution in [0.1, 0.15) is 40.9 Å². The summed E-state index contributed by atoms with van der Waals surface area (Å²) in [4.78, 5) is 22.3. The van der Waals surface area contributed by atoms with E-state index >= 15 is 0 Å². The van der Waals surface area contributed by atoms with Gasteiger partial charge in [-0.05, 0) is 50.8 Å². The van der Waals surface area contributed by atoms with Gasteiger partial charge in [-0.25, -0.2) is 4.98 Å². The molecule has 3 heterocycles. The Morgan fingerprint density at radius 1 is 1.28 bits per heavy atom. The van der Waals surface area contributed by atoms with Crippen molar-refractivity contribution in [3.05, 3.63) is 22.9 Å². The smallest absolute Gasteiger partial charge is 0.259 e. The van der Waals surface area contributed by atoms with Crippen molar-refractivity contribution in [1.29, 1.82) is 0 Å². The van der Waals surface area contributed by atoms with Crippen molar-refractivity contribution in [3.8, 4) is 5.88 Å². The van der Waals surface area contributed by atoms with Gasteiger partial charge < -0.3 is 14.4 Å². The highest BCUT2D eigenvalue weighted by Crippen LogP contribution is 2.33. The second-order valence-corrected chi connectivity index (χ2v) is 7.49. The van der Waals surface area contributed by atoms with E-state index < -0.39 is 0 Å². The zero-order valence-electron chi connectivity index (χ0n) is 15.2. The molecule has 1 amide bonds. The minimum atomic E-state index is 0.0452. The first kappa shape index (κ1) is 16.8. The number of pyridine rings is 1. The van der Waals surface area contributed by atoms with Gasteiger partial charge in [0.2, 0.25) is 5.88 Å². The van der Waals surface area contributed by atoms with E-state index in [0.717, 1.165) is 70.6 Å². The van der Waals surface area contributed by atoms with Gasteiger partial charge in [0, 0.05) is 44.1 Å². The molecule has 6 nitrogen and oxygen atoms in total. The van der Waals surface area contributed by atoms with Gasteiger partial charge in [-0.1, -0.05) is 0 Å². The predicted octanol–water partition coefficient (Wildman–Crippen LogP) is 1.52. The van der Waals surface area contributed by atoms with Crippen LogP contribution in [0.15, 0.2) is 6.07 Å². The number of ether oxygens (including phenoxy) is 2. The molecule has 0 bridgehead atoms. The molecule has 0 atom stereocenters. The Labute approximate surface area is 149 Å². The number of hydrogen-bond acceptors (Lipinski definition) is 5. The van der Waals surface area contributed by atoms with Crippen molar-refractivity contribution < 1.29 is 14.3 Å². The number of nitrogens with zero attached hydrogens (tertiary/aromatic N) is 3. The van der Waals surface area contributed by atoms with Crippen LogP contribution in [0.25, 0.3) is 0 Å². The van der Waals surface area contributed by atoms with Crippen molar-refractivity contribution in [2.75, 3.05) is 47.0 Å². The maximum Gasteiger partial charge on any atom is 0.259 e. The molecule has 0 aromatic carbocycles. The number of piperazine rings is 1. The van der Waals surface area contributed by atoms with E-state index in [-0.39, 0.29) is 11.4 Å². The summed E-state index contributed by atoms with van der Waals surface area (Å²) in [6.45, 7) is 3.95. The normalized spacial score (nSPS) is 22.9. The number of fused-ring (bicyclic) bond motifs is 1. The first-order valence-corrected chi connectivity index (χ1v) is 9.28. The van der Waals surface area contributed by atoms with Crippen LogP contribution in [-0.4, -0.2) is 73.2 Å². The summed E-state index contributed by atoms with van der Waals surface area (Å²) in [7, 11) is 3.77. The fourth-order valence-corrected chi connectivity index (χ4v) is 4.46. The van der Waals surface area contributed by atoms with Gasteiger partial charge in [0.25, 0.3) is 5.91 Å². The van der Waals surface area contributed by atoms with Gasteiger partial charge in [0.15, 0.2) is 0 Å². The van der Waals surface area contributed by atoms with E-state index in [0.29, 0.717) is 11.4 Å². The molecule has 1 aliphatic carbocycles. The zero-order chi connectivity index (χ0) is 17.4. The number of aryl methyl sites for hydroxylation is 2. The molecule has 3 aliphatic rings. The fourth-order valence-electron chi connectivity index (χ4n) is 4.46. The summed E-state index contributed by atoms with van der Waals surface area (Å²) in [6.07, 6.45) is 5.06. The van der Waals surface area contributed by atoms with Crippen LogP contribution in [-0.2, 0) is 17.6 Å². The fraction of sp³-hybridized carbons (Fsp3) is 0.684. The molecule has 1 aromatic rings. The lowest BCUT2D eigenvalue weighted by Crippen LogP contribution is -2.63. The minimum Gasteiger partial charge on any atom is -0.480 e. The molecule has 6 heteroatoms. The summed E-state index contributed by atoms with van der Waals surface area (Å²) in [6, 6.07) is 2.02. The number of likely N-dealkylation sites (N-methyl/N-ethyl adjacent to an activating group) is 1. The molecule has 2 aliphatic heterocycles. The Morgan fingerprint density at radius 3 is 2.84 bits per heavy atom. The molecule has 0 N–H and O–H groups in total. The van der Waals surface area contributed by atoms with Crippen LogP contribution in [0, 0.1) is 0 Å². The second-order valence-electron chi connectivity index (χ2n) is 7.49. The van der Waals surface area contributed by atoms with Crippen LogP contribution < -0.4 is 4.74 Å². The molecule has 0 radical (unpaired) electrons. The van der Waals surface area contributed by atoms with E-state index in [2.05, 4.69) is 16.9 Å². The minimum absolute atomic E-state index is 0.0452. The third-order valence-corrected chi connectivity index (χ3v) is 6.15. The molecule has 136 valence electrons. The van der Waals surface area contributed by atoms with E-state index in [9.17, 15) is 4.79 Å². The lowest BCUT2D eigenvalue weighted by molar-refractivity contribution is -0.0543. The van der Waals surface area contributed by atoms with Crippen molar-refractivity contribution >= 4 is 5.91 Å². The summed E-state index contributed by atoms with van der Waals surface area (Å²) in [5, 5.41) is 0. The maximum absolute atomic E-state index is 13.3. The largest absolute Gasteiger partial charge is 0.480 e. The number of carbonyl (C=O) groups is 1. The Bertz CT molecular complexity index is 670. The topological polar surface area (TPSA) is 54.9 Å². The summed E-state index contributed by atoms with van der Waals surface area (Å²) < 4.78 is 11.0. The molecule has 2 fully saturated rings. The molecular weight excluding hydrogens is 318 g/mol. The van der Waals surface area contributed by atoms with Gasteiger partial charge in [0.1, 0.15) is 5.56 Å². The van der Waals surface area contributed by atoms with Crippen LogP contribution in [0.3, 0.4) is 0 Å². The highest BCUT2D eigenvalue weighted by molar-refractivity contribution is 5.96. The van der Waals surface area contributed by atoms with Crippen LogP contribution in [0.5, 0.6) is 5.88 Å². The monoisotopic (exact) mass is 345 g/mol. The number of carbonyl (C=O) groups excluding carboxylic acids is 1. The molecule has 0 saturated carbocycles. The average Bonchev–Trinajstić information content (AvgIpc) is 3.10. The maximum atomic E-state index is 13.3. The molecule has 0 unspecified atom stereocenters. The van der Waals surface area contributed by atoms with Gasteiger partial charge in [0.05, 0.1) is 7.11 Å². The van der Waals surface area contributed by atoms with E-state index in [1.807, 2.05) is 11.0 Å². The van der Waals surface area contributed by atoms with Crippen molar-refractivity contribution in [1.82, 2.24) is 14.8 Å². The number of hydrogen-bond donors (Lipinski definition) is 0. The van der Waals surface area contributed by atoms with E-state index in [4.69, 9.17) is 9.47 Å².